The molecule has 0 aliphatic heterocycles. The third kappa shape index (κ3) is 4.26. The Morgan fingerprint density at radius 1 is 1.44 bits per heavy atom. The van der Waals surface area contributed by atoms with E-state index in [1.54, 1.807) is 0 Å². The Labute approximate surface area is 115 Å². The van der Waals surface area contributed by atoms with Crippen molar-refractivity contribution in [2.75, 3.05) is 5.32 Å². The van der Waals surface area contributed by atoms with Gasteiger partial charge in [-0.25, -0.2) is 4.98 Å². The topological polar surface area (TPSA) is 50.9 Å². The minimum atomic E-state index is 0.363. The molecule has 2 unspecified atom stereocenters. The summed E-state index contributed by atoms with van der Waals surface area (Å²) in [5.74, 6) is 1.50. The van der Waals surface area contributed by atoms with Gasteiger partial charge in [-0.1, -0.05) is 32.5 Å². The van der Waals surface area contributed by atoms with Crippen LogP contribution < -0.4 is 11.1 Å². The molecule has 0 amide bonds. The van der Waals surface area contributed by atoms with Crippen LogP contribution in [-0.4, -0.2) is 16.0 Å². The lowest BCUT2D eigenvalue weighted by Crippen LogP contribution is -2.22. The second-order valence-corrected chi connectivity index (χ2v) is 5.45. The van der Waals surface area contributed by atoms with Crippen LogP contribution in [-0.2, 0) is 0 Å². The van der Waals surface area contributed by atoms with E-state index in [1.165, 1.54) is 6.42 Å². The number of rotatable bonds is 6. The monoisotopic (exact) mass is 265 g/mol. The SMILES string of the molecule is CCC(C)CC(C)Nc1nc(C)ccc1C(N)=S. The van der Waals surface area contributed by atoms with E-state index in [0.29, 0.717) is 16.9 Å². The standard InChI is InChI=1S/C14H23N3S/c1-5-9(2)8-11(4)17-14-12(13(15)18)7-6-10(3)16-14/h6-7,9,11H,5,8H2,1-4H3,(H2,15,18)(H,16,17). The number of nitrogens with one attached hydrogen (secondary N) is 1. The fourth-order valence-corrected chi connectivity index (χ4v) is 2.09. The number of anilines is 1. The lowest BCUT2D eigenvalue weighted by Gasteiger charge is -2.20. The third-order valence-electron chi connectivity index (χ3n) is 3.14. The lowest BCUT2D eigenvalue weighted by molar-refractivity contribution is 0.483. The Balaban J connectivity index is 2.82. The van der Waals surface area contributed by atoms with Gasteiger partial charge < -0.3 is 11.1 Å². The van der Waals surface area contributed by atoms with Crippen molar-refractivity contribution in [3.05, 3.63) is 23.4 Å². The van der Waals surface area contributed by atoms with Crippen molar-refractivity contribution in [3.8, 4) is 0 Å². The summed E-state index contributed by atoms with van der Waals surface area (Å²) in [6.07, 6.45) is 2.30. The molecule has 1 aromatic rings. The molecular weight excluding hydrogens is 242 g/mol. The molecule has 0 radical (unpaired) electrons. The summed E-state index contributed by atoms with van der Waals surface area (Å²) < 4.78 is 0. The van der Waals surface area contributed by atoms with Crippen molar-refractivity contribution >= 4 is 23.0 Å². The molecule has 1 rings (SSSR count). The number of pyridine rings is 1. The first-order valence-corrected chi connectivity index (χ1v) is 6.88. The maximum atomic E-state index is 5.72. The summed E-state index contributed by atoms with van der Waals surface area (Å²) in [5, 5.41) is 3.42. The van der Waals surface area contributed by atoms with Crippen LogP contribution in [0.1, 0.15) is 44.9 Å². The summed E-state index contributed by atoms with van der Waals surface area (Å²) in [5.41, 5.74) is 7.51. The number of nitrogens with two attached hydrogens (primary N) is 1. The lowest BCUT2D eigenvalue weighted by atomic mass is 10.0. The highest BCUT2D eigenvalue weighted by Gasteiger charge is 2.12. The summed E-state index contributed by atoms with van der Waals surface area (Å²) in [6, 6.07) is 4.23. The molecule has 2 atom stereocenters. The van der Waals surface area contributed by atoms with Gasteiger partial charge in [0.05, 0.1) is 5.56 Å². The smallest absolute Gasteiger partial charge is 0.136 e. The minimum absolute atomic E-state index is 0.363. The van der Waals surface area contributed by atoms with Gasteiger partial charge in [0.2, 0.25) is 0 Å². The van der Waals surface area contributed by atoms with E-state index in [0.717, 1.165) is 23.5 Å². The number of thiocarbonyl (C=S) groups is 1. The molecule has 0 aliphatic rings. The molecule has 3 N–H and O–H groups in total. The van der Waals surface area contributed by atoms with Gasteiger partial charge in [0, 0.05) is 11.7 Å². The van der Waals surface area contributed by atoms with E-state index in [4.69, 9.17) is 18.0 Å². The van der Waals surface area contributed by atoms with Gasteiger partial charge in [-0.3, -0.25) is 0 Å². The predicted molar refractivity (Wildman–Crippen MR) is 82.0 cm³/mol. The Morgan fingerprint density at radius 3 is 2.67 bits per heavy atom. The number of aromatic nitrogens is 1. The second kappa shape index (κ2) is 6.69. The Morgan fingerprint density at radius 2 is 2.11 bits per heavy atom. The van der Waals surface area contributed by atoms with Gasteiger partial charge in [0.1, 0.15) is 10.8 Å². The predicted octanol–water partition coefficient (Wildman–Crippen LogP) is 3.26. The van der Waals surface area contributed by atoms with Crippen LogP contribution >= 0.6 is 12.2 Å². The number of hydrogen-bond donors (Lipinski definition) is 2. The maximum Gasteiger partial charge on any atom is 0.136 e. The Bertz CT molecular complexity index is 418. The minimum Gasteiger partial charge on any atom is -0.389 e. The van der Waals surface area contributed by atoms with Crippen LogP contribution in [0.25, 0.3) is 0 Å². The summed E-state index contributed by atoms with van der Waals surface area (Å²) in [6.45, 7) is 8.60. The molecule has 0 saturated heterocycles. The fourth-order valence-electron chi connectivity index (χ4n) is 1.93. The molecule has 4 heteroatoms. The normalized spacial score (nSPS) is 14.0. The van der Waals surface area contributed by atoms with E-state index in [-0.39, 0.29) is 0 Å². The van der Waals surface area contributed by atoms with E-state index in [2.05, 4.69) is 31.1 Å². The summed E-state index contributed by atoms with van der Waals surface area (Å²) in [4.78, 5) is 4.88. The van der Waals surface area contributed by atoms with Crippen LogP contribution in [0.15, 0.2) is 12.1 Å². The van der Waals surface area contributed by atoms with Crippen LogP contribution in [0.4, 0.5) is 5.82 Å². The molecular formula is C14H23N3S. The first-order chi connectivity index (χ1) is 8.43. The number of nitrogens with zero attached hydrogens (tertiary/aromatic N) is 1. The Kier molecular flexibility index (Phi) is 5.54. The molecule has 0 fully saturated rings. The first-order valence-electron chi connectivity index (χ1n) is 6.48. The third-order valence-corrected chi connectivity index (χ3v) is 3.36. The zero-order valence-electron chi connectivity index (χ0n) is 11.7. The zero-order chi connectivity index (χ0) is 13.7. The molecule has 0 aromatic carbocycles. The highest BCUT2D eigenvalue weighted by molar-refractivity contribution is 7.80. The van der Waals surface area contributed by atoms with Crippen molar-refractivity contribution in [3.63, 3.8) is 0 Å². The molecule has 0 spiro atoms. The molecule has 0 bridgehead atoms. The maximum absolute atomic E-state index is 5.72. The van der Waals surface area contributed by atoms with Crippen LogP contribution in [0, 0.1) is 12.8 Å². The molecule has 0 aliphatic carbocycles. The van der Waals surface area contributed by atoms with Gasteiger partial charge in [0.25, 0.3) is 0 Å². The van der Waals surface area contributed by atoms with E-state index in [9.17, 15) is 0 Å². The van der Waals surface area contributed by atoms with Crippen LogP contribution in [0.5, 0.6) is 0 Å². The van der Waals surface area contributed by atoms with Gasteiger partial charge in [-0.05, 0) is 38.3 Å². The summed E-state index contributed by atoms with van der Waals surface area (Å²) in [7, 11) is 0. The zero-order valence-corrected chi connectivity index (χ0v) is 12.5. The Hall–Kier alpha value is -1.16. The van der Waals surface area contributed by atoms with Gasteiger partial charge >= 0.3 is 0 Å². The first kappa shape index (κ1) is 14.9. The molecule has 3 nitrogen and oxygen atoms in total. The second-order valence-electron chi connectivity index (χ2n) is 5.01. The molecule has 1 heterocycles. The molecule has 0 saturated carbocycles. The number of hydrogen-bond acceptors (Lipinski definition) is 3. The van der Waals surface area contributed by atoms with Gasteiger partial charge in [0.15, 0.2) is 0 Å². The van der Waals surface area contributed by atoms with E-state index >= 15 is 0 Å². The van der Waals surface area contributed by atoms with Crippen molar-refractivity contribution in [1.82, 2.24) is 4.98 Å². The van der Waals surface area contributed by atoms with Crippen molar-refractivity contribution < 1.29 is 0 Å². The van der Waals surface area contributed by atoms with Crippen molar-refractivity contribution in [2.45, 2.75) is 46.6 Å². The highest BCUT2D eigenvalue weighted by atomic mass is 32.1. The quantitative estimate of drug-likeness (QED) is 0.775. The van der Waals surface area contributed by atoms with Crippen LogP contribution in [0.2, 0.25) is 0 Å². The largest absolute Gasteiger partial charge is 0.389 e. The summed E-state index contributed by atoms with van der Waals surface area (Å²) >= 11 is 5.05. The van der Waals surface area contributed by atoms with Crippen LogP contribution in [0.3, 0.4) is 0 Å². The average Bonchev–Trinajstić information content (AvgIpc) is 2.28. The molecule has 100 valence electrons. The molecule has 18 heavy (non-hydrogen) atoms. The number of aryl methyl sites for hydroxylation is 1. The van der Waals surface area contributed by atoms with Gasteiger partial charge in [-0.15, -0.1) is 0 Å². The highest BCUT2D eigenvalue weighted by Crippen LogP contribution is 2.18. The average molecular weight is 265 g/mol. The molecule has 1 aromatic heterocycles. The fraction of sp³-hybridized carbons (Fsp3) is 0.571. The van der Waals surface area contributed by atoms with E-state index < -0.39 is 0 Å². The van der Waals surface area contributed by atoms with E-state index in [1.807, 2.05) is 19.1 Å². The van der Waals surface area contributed by atoms with Crippen molar-refractivity contribution in [1.29, 1.82) is 0 Å². The van der Waals surface area contributed by atoms with Gasteiger partial charge in [-0.2, -0.15) is 0 Å². The van der Waals surface area contributed by atoms with Crippen molar-refractivity contribution in [2.24, 2.45) is 11.7 Å².